The summed E-state index contributed by atoms with van der Waals surface area (Å²) >= 11 is 0. The molecule has 0 aliphatic heterocycles. The van der Waals surface area contributed by atoms with Gasteiger partial charge in [-0.25, -0.2) is 0 Å². The first-order valence-corrected chi connectivity index (χ1v) is 10.3. The molecule has 0 aliphatic carbocycles. The van der Waals surface area contributed by atoms with Crippen molar-refractivity contribution in [2.45, 2.75) is 91.4 Å². The van der Waals surface area contributed by atoms with Crippen molar-refractivity contribution in [2.75, 3.05) is 0 Å². The smallest absolute Gasteiger partial charge is 0.223 e. The minimum atomic E-state index is -0.448. The summed E-state index contributed by atoms with van der Waals surface area (Å²) in [5.41, 5.74) is 6.55. The summed E-state index contributed by atoms with van der Waals surface area (Å²) in [6.07, 6.45) is 14.0. The van der Waals surface area contributed by atoms with E-state index in [0.717, 1.165) is 12.8 Å². The van der Waals surface area contributed by atoms with Gasteiger partial charge in [0.05, 0.1) is 0 Å². The highest BCUT2D eigenvalue weighted by molar-refractivity contribution is 5.80. The number of primary amides is 1. The van der Waals surface area contributed by atoms with Crippen molar-refractivity contribution in [3.05, 3.63) is 35.9 Å². The molecule has 0 radical (unpaired) electrons. The molecule has 1 unspecified atom stereocenters. The Morgan fingerprint density at radius 1 is 0.920 bits per heavy atom. The normalized spacial score (nSPS) is 12.9. The molecule has 0 fully saturated rings. The van der Waals surface area contributed by atoms with Gasteiger partial charge in [0, 0.05) is 5.41 Å². The molecule has 1 aromatic carbocycles. The number of amides is 1. The molecule has 0 heterocycles. The first-order valence-electron chi connectivity index (χ1n) is 10.3. The second-order valence-electron chi connectivity index (χ2n) is 8.09. The molecular weight excluding hydrogens is 306 g/mol. The Bertz CT molecular complexity index is 466. The fraction of sp³-hybridized carbons (Fsp3) is 0.696. The van der Waals surface area contributed by atoms with Crippen molar-refractivity contribution in [3.8, 4) is 0 Å². The van der Waals surface area contributed by atoms with E-state index in [0.29, 0.717) is 5.92 Å². The van der Waals surface area contributed by atoms with Crippen LogP contribution in [-0.2, 0) is 11.2 Å². The first-order chi connectivity index (χ1) is 12.0. The Kier molecular flexibility index (Phi) is 10.5. The second kappa shape index (κ2) is 12.1. The van der Waals surface area contributed by atoms with Crippen LogP contribution in [0.15, 0.2) is 30.3 Å². The van der Waals surface area contributed by atoms with E-state index in [9.17, 15) is 4.79 Å². The zero-order chi connectivity index (χ0) is 18.5. The molecule has 2 N–H and O–H groups in total. The molecule has 142 valence electrons. The monoisotopic (exact) mass is 345 g/mol. The Hall–Kier alpha value is -1.31. The number of carbonyl (C=O) groups excluding carboxylic acids is 1. The van der Waals surface area contributed by atoms with E-state index in [4.69, 9.17) is 5.73 Å². The van der Waals surface area contributed by atoms with Gasteiger partial charge >= 0.3 is 0 Å². The zero-order valence-electron chi connectivity index (χ0n) is 16.7. The zero-order valence-corrected chi connectivity index (χ0v) is 16.7. The van der Waals surface area contributed by atoms with Gasteiger partial charge in [0.15, 0.2) is 0 Å². The van der Waals surface area contributed by atoms with Gasteiger partial charge in [-0.1, -0.05) is 109 Å². The summed E-state index contributed by atoms with van der Waals surface area (Å²) in [6.45, 7) is 6.28. The van der Waals surface area contributed by atoms with Crippen LogP contribution in [0.3, 0.4) is 0 Å². The lowest BCUT2D eigenvalue weighted by Gasteiger charge is -2.32. The standard InChI is InChI=1S/C23H39NO/c1-4-5-6-7-8-9-10-11-15-18-21(23(2,3)22(24)25)19-20-16-13-12-14-17-20/h12-14,16-17,21H,4-11,15,18-19H2,1-3H3,(H2,24,25). The number of carbonyl (C=O) groups is 1. The summed E-state index contributed by atoms with van der Waals surface area (Å²) in [7, 11) is 0. The minimum absolute atomic E-state index is 0.177. The van der Waals surface area contributed by atoms with Gasteiger partial charge in [-0.05, 0) is 24.3 Å². The third-order valence-electron chi connectivity index (χ3n) is 5.64. The number of rotatable bonds is 14. The van der Waals surface area contributed by atoms with E-state index in [2.05, 4.69) is 31.2 Å². The average Bonchev–Trinajstić information content (AvgIpc) is 2.60. The van der Waals surface area contributed by atoms with Crippen LogP contribution in [0.1, 0.15) is 90.5 Å². The summed E-state index contributed by atoms with van der Waals surface area (Å²) in [5, 5.41) is 0. The molecule has 0 bridgehead atoms. The lowest BCUT2D eigenvalue weighted by Crippen LogP contribution is -2.39. The molecule has 0 spiro atoms. The molecule has 0 saturated carbocycles. The minimum Gasteiger partial charge on any atom is -0.369 e. The number of hydrogen-bond donors (Lipinski definition) is 1. The Morgan fingerprint density at radius 2 is 1.44 bits per heavy atom. The number of benzene rings is 1. The predicted molar refractivity (Wildman–Crippen MR) is 108 cm³/mol. The molecule has 1 amide bonds. The van der Waals surface area contributed by atoms with E-state index < -0.39 is 5.41 Å². The highest BCUT2D eigenvalue weighted by Gasteiger charge is 2.34. The van der Waals surface area contributed by atoms with E-state index in [1.807, 2.05) is 19.9 Å². The van der Waals surface area contributed by atoms with Gasteiger partial charge in [-0.3, -0.25) is 4.79 Å². The van der Waals surface area contributed by atoms with Gasteiger partial charge < -0.3 is 5.73 Å². The van der Waals surface area contributed by atoms with E-state index in [-0.39, 0.29) is 5.91 Å². The van der Waals surface area contributed by atoms with Crippen LogP contribution in [0.25, 0.3) is 0 Å². The second-order valence-corrected chi connectivity index (χ2v) is 8.09. The van der Waals surface area contributed by atoms with Gasteiger partial charge in [0.1, 0.15) is 0 Å². The van der Waals surface area contributed by atoms with Crippen LogP contribution >= 0.6 is 0 Å². The molecule has 2 heteroatoms. The molecular formula is C23H39NO. The van der Waals surface area contributed by atoms with Crippen molar-refractivity contribution in [1.29, 1.82) is 0 Å². The van der Waals surface area contributed by atoms with Crippen molar-refractivity contribution >= 4 is 5.91 Å². The Morgan fingerprint density at radius 3 is 1.96 bits per heavy atom. The summed E-state index contributed by atoms with van der Waals surface area (Å²) in [6, 6.07) is 10.5. The van der Waals surface area contributed by atoms with E-state index in [1.54, 1.807) is 0 Å². The third kappa shape index (κ3) is 8.56. The number of hydrogen-bond acceptors (Lipinski definition) is 1. The highest BCUT2D eigenvalue weighted by Crippen LogP contribution is 2.34. The molecule has 25 heavy (non-hydrogen) atoms. The van der Waals surface area contributed by atoms with Crippen LogP contribution in [0.2, 0.25) is 0 Å². The van der Waals surface area contributed by atoms with Gasteiger partial charge in [-0.15, -0.1) is 0 Å². The van der Waals surface area contributed by atoms with Crippen LogP contribution in [0.4, 0.5) is 0 Å². The fourth-order valence-electron chi connectivity index (χ4n) is 3.52. The predicted octanol–water partition coefficient (Wildman–Crippen LogP) is 6.28. The molecule has 0 aliphatic rings. The Labute approximate surface area is 155 Å². The number of unbranched alkanes of at least 4 members (excludes halogenated alkanes) is 8. The van der Waals surface area contributed by atoms with Crippen molar-refractivity contribution < 1.29 is 4.79 Å². The topological polar surface area (TPSA) is 43.1 Å². The number of nitrogens with two attached hydrogens (primary N) is 1. The summed E-state index contributed by atoms with van der Waals surface area (Å²) in [4.78, 5) is 11.9. The maximum atomic E-state index is 11.9. The van der Waals surface area contributed by atoms with Gasteiger partial charge in [0.2, 0.25) is 5.91 Å². The maximum Gasteiger partial charge on any atom is 0.223 e. The highest BCUT2D eigenvalue weighted by atomic mass is 16.1. The largest absolute Gasteiger partial charge is 0.369 e. The van der Waals surface area contributed by atoms with Gasteiger partial charge in [0.25, 0.3) is 0 Å². The third-order valence-corrected chi connectivity index (χ3v) is 5.64. The van der Waals surface area contributed by atoms with Crippen LogP contribution in [0, 0.1) is 11.3 Å². The SMILES string of the molecule is CCCCCCCCCCCC(Cc1ccccc1)C(C)(C)C(N)=O. The lowest BCUT2D eigenvalue weighted by atomic mass is 9.72. The molecule has 0 aromatic heterocycles. The molecule has 0 saturated heterocycles. The molecule has 2 nitrogen and oxygen atoms in total. The molecule has 1 rings (SSSR count). The Balaban J connectivity index is 2.38. The van der Waals surface area contributed by atoms with E-state index in [1.165, 1.54) is 63.4 Å². The molecule has 1 aromatic rings. The van der Waals surface area contributed by atoms with Crippen LogP contribution < -0.4 is 5.73 Å². The van der Waals surface area contributed by atoms with Crippen molar-refractivity contribution in [2.24, 2.45) is 17.1 Å². The maximum absolute atomic E-state index is 11.9. The van der Waals surface area contributed by atoms with Crippen molar-refractivity contribution in [3.63, 3.8) is 0 Å². The summed E-state index contributed by atoms with van der Waals surface area (Å²) in [5.74, 6) is 0.140. The van der Waals surface area contributed by atoms with Gasteiger partial charge in [-0.2, -0.15) is 0 Å². The first kappa shape index (κ1) is 21.7. The van der Waals surface area contributed by atoms with Crippen LogP contribution in [0.5, 0.6) is 0 Å². The summed E-state index contributed by atoms with van der Waals surface area (Å²) < 4.78 is 0. The van der Waals surface area contributed by atoms with Crippen molar-refractivity contribution in [1.82, 2.24) is 0 Å². The van der Waals surface area contributed by atoms with E-state index >= 15 is 0 Å². The van der Waals surface area contributed by atoms with Crippen LogP contribution in [-0.4, -0.2) is 5.91 Å². The quantitative estimate of drug-likeness (QED) is 0.396. The fourth-order valence-corrected chi connectivity index (χ4v) is 3.52. The lowest BCUT2D eigenvalue weighted by molar-refractivity contribution is -0.128. The molecule has 1 atom stereocenters. The average molecular weight is 346 g/mol.